The number of phenolic OH excluding ortho intramolecular Hbond substituents is 1. The second kappa shape index (κ2) is 6.15. The summed E-state index contributed by atoms with van der Waals surface area (Å²) in [7, 11) is -3.54. The molecule has 0 saturated carbocycles. The van der Waals surface area contributed by atoms with Crippen LogP contribution in [0.5, 0.6) is 5.75 Å². The van der Waals surface area contributed by atoms with E-state index >= 15 is 0 Å². The molecular weight excluding hydrogens is 298 g/mol. The van der Waals surface area contributed by atoms with Gasteiger partial charge in [0.1, 0.15) is 0 Å². The van der Waals surface area contributed by atoms with E-state index in [0.717, 1.165) is 5.56 Å². The number of hydrogen-bond acceptors (Lipinski definition) is 3. The Balaban J connectivity index is 2.06. The van der Waals surface area contributed by atoms with E-state index in [2.05, 4.69) is 4.72 Å². The van der Waals surface area contributed by atoms with Crippen LogP contribution >= 0.6 is 11.6 Å². The zero-order chi connectivity index (χ0) is 14.6. The van der Waals surface area contributed by atoms with Crippen LogP contribution in [0.2, 0.25) is 5.02 Å². The highest BCUT2D eigenvalue weighted by Gasteiger charge is 2.14. The van der Waals surface area contributed by atoms with Gasteiger partial charge in [0, 0.05) is 0 Å². The summed E-state index contributed by atoms with van der Waals surface area (Å²) < 4.78 is 26.3. The van der Waals surface area contributed by atoms with E-state index in [1.165, 1.54) is 12.1 Å². The van der Waals surface area contributed by atoms with Gasteiger partial charge >= 0.3 is 0 Å². The van der Waals surface area contributed by atoms with Crippen LogP contribution in [-0.2, 0) is 16.4 Å². The Morgan fingerprint density at radius 3 is 2.45 bits per heavy atom. The summed E-state index contributed by atoms with van der Waals surface area (Å²) in [5, 5.41) is 9.79. The van der Waals surface area contributed by atoms with Gasteiger partial charge in [-0.15, -0.1) is 0 Å². The smallest absolute Gasteiger partial charge is 0.233 e. The molecule has 2 aromatic rings. The van der Waals surface area contributed by atoms with Crippen LogP contribution in [0.3, 0.4) is 0 Å². The summed E-state index contributed by atoms with van der Waals surface area (Å²) in [5.74, 6) is -0.333. The molecule has 0 heterocycles. The van der Waals surface area contributed by atoms with Crippen LogP contribution in [-0.4, -0.2) is 19.3 Å². The fraction of sp³-hybridized carbons (Fsp3) is 0.143. The fourth-order valence-corrected chi connectivity index (χ4v) is 2.99. The quantitative estimate of drug-likeness (QED) is 0.834. The largest absolute Gasteiger partial charge is 0.504 e. The molecule has 0 aliphatic carbocycles. The van der Waals surface area contributed by atoms with Gasteiger partial charge in [-0.3, -0.25) is 4.72 Å². The normalized spacial score (nSPS) is 11.2. The van der Waals surface area contributed by atoms with Crippen LogP contribution in [0.25, 0.3) is 0 Å². The number of aromatic hydroxyl groups is 1. The van der Waals surface area contributed by atoms with Crippen molar-refractivity contribution in [1.29, 1.82) is 0 Å². The predicted molar refractivity (Wildman–Crippen MR) is 80.7 cm³/mol. The Morgan fingerprint density at radius 1 is 1.05 bits per heavy atom. The molecule has 6 heteroatoms. The molecular formula is C14H14ClNO3S. The Bertz CT molecular complexity index is 687. The highest BCUT2D eigenvalue weighted by molar-refractivity contribution is 7.92. The number of anilines is 1. The summed E-state index contributed by atoms with van der Waals surface area (Å²) in [6, 6.07) is 13.8. The topological polar surface area (TPSA) is 66.4 Å². The van der Waals surface area contributed by atoms with Gasteiger partial charge in [-0.1, -0.05) is 48.0 Å². The standard InChI is InChI=1S/C14H14ClNO3S/c15-12-7-4-8-13(14(12)17)16-20(18,19)10-9-11-5-2-1-3-6-11/h1-8,16-17H,9-10H2. The molecule has 0 radical (unpaired) electrons. The van der Waals surface area contributed by atoms with Crippen molar-refractivity contribution in [2.45, 2.75) is 6.42 Å². The average Bonchev–Trinajstić information content (AvgIpc) is 2.43. The molecule has 0 aliphatic rings. The van der Waals surface area contributed by atoms with E-state index in [9.17, 15) is 13.5 Å². The second-order valence-electron chi connectivity index (χ2n) is 4.29. The number of nitrogens with one attached hydrogen (secondary N) is 1. The zero-order valence-electron chi connectivity index (χ0n) is 10.6. The van der Waals surface area contributed by atoms with Gasteiger partial charge in [-0.2, -0.15) is 0 Å². The van der Waals surface area contributed by atoms with Gasteiger partial charge in [0.15, 0.2) is 5.75 Å². The van der Waals surface area contributed by atoms with Crippen molar-refractivity contribution in [3.8, 4) is 5.75 Å². The Labute approximate surface area is 123 Å². The van der Waals surface area contributed by atoms with Crippen molar-refractivity contribution in [3.63, 3.8) is 0 Å². The molecule has 0 atom stereocenters. The number of hydrogen-bond donors (Lipinski definition) is 2. The van der Waals surface area contributed by atoms with Crippen molar-refractivity contribution >= 4 is 27.3 Å². The molecule has 0 saturated heterocycles. The molecule has 0 spiro atoms. The van der Waals surface area contributed by atoms with Gasteiger partial charge in [0.2, 0.25) is 10.0 Å². The molecule has 0 bridgehead atoms. The van der Waals surface area contributed by atoms with Crippen molar-refractivity contribution in [1.82, 2.24) is 0 Å². The highest BCUT2D eigenvalue weighted by Crippen LogP contribution is 2.31. The third-order valence-corrected chi connectivity index (χ3v) is 4.33. The first-order valence-electron chi connectivity index (χ1n) is 6.00. The predicted octanol–water partition coefficient (Wildman–Crippen LogP) is 3.03. The van der Waals surface area contributed by atoms with E-state index in [1.54, 1.807) is 6.07 Å². The third kappa shape index (κ3) is 3.88. The van der Waals surface area contributed by atoms with Gasteiger partial charge in [0.25, 0.3) is 0 Å². The third-order valence-electron chi connectivity index (χ3n) is 2.75. The van der Waals surface area contributed by atoms with Crippen molar-refractivity contribution in [3.05, 3.63) is 59.1 Å². The minimum atomic E-state index is -3.54. The zero-order valence-corrected chi connectivity index (χ0v) is 12.2. The minimum Gasteiger partial charge on any atom is -0.504 e. The molecule has 0 amide bonds. The van der Waals surface area contributed by atoms with Crippen LogP contribution in [0.4, 0.5) is 5.69 Å². The number of rotatable bonds is 5. The van der Waals surface area contributed by atoms with Crippen molar-refractivity contribution in [2.75, 3.05) is 10.5 Å². The number of phenols is 1. The van der Waals surface area contributed by atoms with E-state index < -0.39 is 10.0 Å². The first-order valence-corrected chi connectivity index (χ1v) is 8.03. The Hall–Kier alpha value is -1.72. The maximum Gasteiger partial charge on any atom is 0.233 e. The summed E-state index contributed by atoms with van der Waals surface area (Å²) >= 11 is 5.73. The summed E-state index contributed by atoms with van der Waals surface area (Å²) in [5.41, 5.74) is 1.03. The molecule has 2 aromatic carbocycles. The van der Waals surface area contributed by atoms with Gasteiger partial charge < -0.3 is 5.11 Å². The van der Waals surface area contributed by atoms with Crippen molar-refractivity contribution in [2.24, 2.45) is 0 Å². The Morgan fingerprint density at radius 2 is 1.75 bits per heavy atom. The molecule has 0 unspecified atom stereocenters. The van der Waals surface area contributed by atoms with Gasteiger partial charge in [0.05, 0.1) is 16.5 Å². The monoisotopic (exact) mass is 311 g/mol. The van der Waals surface area contributed by atoms with Gasteiger partial charge in [-0.25, -0.2) is 8.42 Å². The maximum absolute atomic E-state index is 12.0. The average molecular weight is 312 g/mol. The van der Waals surface area contributed by atoms with Crippen LogP contribution < -0.4 is 4.72 Å². The van der Waals surface area contributed by atoms with Crippen molar-refractivity contribution < 1.29 is 13.5 Å². The molecule has 106 valence electrons. The minimum absolute atomic E-state index is 0.0665. The highest BCUT2D eigenvalue weighted by atomic mass is 35.5. The number of halogens is 1. The maximum atomic E-state index is 12.0. The van der Waals surface area contributed by atoms with Crippen LogP contribution in [0, 0.1) is 0 Å². The lowest BCUT2D eigenvalue weighted by atomic mass is 10.2. The first-order chi connectivity index (χ1) is 9.48. The molecule has 0 aliphatic heterocycles. The molecule has 4 nitrogen and oxygen atoms in total. The number of benzene rings is 2. The van der Waals surface area contributed by atoms with E-state index in [0.29, 0.717) is 6.42 Å². The number of aryl methyl sites for hydroxylation is 1. The number of sulfonamides is 1. The van der Waals surface area contributed by atoms with Gasteiger partial charge in [-0.05, 0) is 24.1 Å². The Kier molecular flexibility index (Phi) is 4.52. The molecule has 20 heavy (non-hydrogen) atoms. The fourth-order valence-electron chi connectivity index (χ4n) is 1.71. The lowest BCUT2D eigenvalue weighted by Crippen LogP contribution is -2.18. The molecule has 2 rings (SSSR count). The molecule has 2 N–H and O–H groups in total. The summed E-state index contributed by atoms with van der Waals surface area (Å²) in [4.78, 5) is 0. The SMILES string of the molecule is O=S(=O)(CCc1ccccc1)Nc1cccc(Cl)c1O. The van der Waals surface area contributed by atoms with E-state index in [4.69, 9.17) is 11.6 Å². The summed E-state index contributed by atoms with van der Waals surface area (Å²) in [6.07, 6.45) is 0.400. The number of para-hydroxylation sites is 1. The second-order valence-corrected chi connectivity index (χ2v) is 6.54. The van der Waals surface area contributed by atoms with Crippen LogP contribution in [0.1, 0.15) is 5.56 Å². The lowest BCUT2D eigenvalue weighted by Gasteiger charge is -2.10. The molecule has 0 aromatic heterocycles. The van der Waals surface area contributed by atoms with E-state index in [-0.39, 0.29) is 22.2 Å². The lowest BCUT2D eigenvalue weighted by molar-refractivity contribution is 0.478. The molecule has 0 fully saturated rings. The van der Waals surface area contributed by atoms with E-state index in [1.807, 2.05) is 30.3 Å². The first kappa shape index (κ1) is 14.7. The summed E-state index contributed by atoms with van der Waals surface area (Å²) in [6.45, 7) is 0. The van der Waals surface area contributed by atoms with Crippen LogP contribution in [0.15, 0.2) is 48.5 Å².